The molecular weight excluding hydrogens is 136 g/mol. The van der Waals surface area contributed by atoms with Gasteiger partial charge in [-0.25, -0.2) is 0 Å². The van der Waals surface area contributed by atoms with Crippen molar-refractivity contribution < 1.29 is 5.11 Å². The van der Waals surface area contributed by atoms with Crippen LogP contribution in [0.15, 0.2) is 36.5 Å². The van der Waals surface area contributed by atoms with Crippen molar-refractivity contribution in [2.75, 3.05) is 0 Å². The lowest BCUT2D eigenvalue weighted by Gasteiger charge is -2.23. The van der Waals surface area contributed by atoms with Crippen LogP contribution >= 0.6 is 0 Å². The normalized spacial score (nSPS) is 55.9. The van der Waals surface area contributed by atoms with Crippen molar-refractivity contribution in [3.63, 3.8) is 0 Å². The summed E-state index contributed by atoms with van der Waals surface area (Å²) >= 11 is 0. The quantitative estimate of drug-likeness (QED) is 0.510. The van der Waals surface area contributed by atoms with Crippen LogP contribution < -0.4 is 0 Å². The third-order valence-electron chi connectivity index (χ3n) is 3.09. The lowest BCUT2D eigenvalue weighted by molar-refractivity contribution is 0.0808. The number of hydrogen-bond acceptors (Lipinski definition) is 1. The van der Waals surface area contributed by atoms with E-state index in [-0.39, 0.29) is 0 Å². The first kappa shape index (κ1) is 5.78. The SMILES string of the molecule is OC12C=CC3C=CC(C=C1)C32. The fourth-order valence-corrected chi connectivity index (χ4v) is 2.55. The second-order valence-electron chi connectivity index (χ2n) is 3.67. The van der Waals surface area contributed by atoms with Gasteiger partial charge in [-0.3, -0.25) is 0 Å². The highest BCUT2D eigenvalue weighted by Crippen LogP contribution is 2.50. The molecule has 1 nitrogen and oxygen atoms in total. The second-order valence-corrected chi connectivity index (χ2v) is 3.67. The van der Waals surface area contributed by atoms with Crippen molar-refractivity contribution in [1.82, 2.24) is 0 Å². The van der Waals surface area contributed by atoms with E-state index in [1.54, 1.807) is 0 Å². The standard InChI is InChI=1S/C10H10O/c11-10-5-3-7-1-2-8(4-6-10)9(7)10/h1-9,11H. The van der Waals surface area contributed by atoms with Gasteiger partial charge in [-0.05, 0) is 0 Å². The first-order valence-corrected chi connectivity index (χ1v) is 4.09. The van der Waals surface area contributed by atoms with Gasteiger partial charge in [0, 0.05) is 17.8 Å². The monoisotopic (exact) mass is 146 g/mol. The molecule has 2 atom stereocenters. The summed E-state index contributed by atoms with van der Waals surface area (Å²) in [6, 6.07) is 0. The van der Waals surface area contributed by atoms with Gasteiger partial charge in [0.1, 0.15) is 5.60 Å². The minimum absolute atomic E-state index is 0.391. The van der Waals surface area contributed by atoms with Crippen LogP contribution in [-0.2, 0) is 0 Å². The van der Waals surface area contributed by atoms with E-state index in [1.807, 2.05) is 12.2 Å². The summed E-state index contributed by atoms with van der Waals surface area (Å²) in [7, 11) is 0. The van der Waals surface area contributed by atoms with Gasteiger partial charge in [-0.2, -0.15) is 0 Å². The zero-order valence-electron chi connectivity index (χ0n) is 6.14. The Balaban J connectivity index is 2.18. The summed E-state index contributed by atoms with van der Waals surface area (Å²) in [6.45, 7) is 0. The van der Waals surface area contributed by atoms with Gasteiger partial charge in [0.2, 0.25) is 0 Å². The fourth-order valence-electron chi connectivity index (χ4n) is 2.55. The molecule has 0 aromatic heterocycles. The van der Waals surface area contributed by atoms with E-state index in [4.69, 9.17) is 0 Å². The summed E-state index contributed by atoms with van der Waals surface area (Å²) in [5, 5.41) is 10.00. The van der Waals surface area contributed by atoms with E-state index in [9.17, 15) is 5.11 Å². The zero-order chi connectivity index (χ0) is 7.47. The summed E-state index contributed by atoms with van der Waals surface area (Å²) in [5.74, 6) is 1.36. The molecule has 1 heteroatoms. The molecule has 0 amide bonds. The van der Waals surface area contributed by atoms with Crippen molar-refractivity contribution in [2.45, 2.75) is 5.60 Å². The Labute approximate surface area is 65.7 Å². The molecule has 3 aliphatic rings. The zero-order valence-corrected chi connectivity index (χ0v) is 6.14. The van der Waals surface area contributed by atoms with Gasteiger partial charge in [0.05, 0.1) is 0 Å². The first-order valence-electron chi connectivity index (χ1n) is 4.09. The third kappa shape index (κ3) is 0.520. The Bertz CT molecular complexity index is 261. The topological polar surface area (TPSA) is 20.2 Å². The smallest absolute Gasteiger partial charge is 0.105 e. The van der Waals surface area contributed by atoms with Crippen molar-refractivity contribution in [3.8, 4) is 0 Å². The lowest BCUT2D eigenvalue weighted by atomic mass is 9.86. The molecule has 0 saturated heterocycles. The number of hydrogen-bond donors (Lipinski definition) is 1. The van der Waals surface area contributed by atoms with Crippen LogP contribution in [0.4, 0.5) is 0 Å². The summed E-state index contributed by atoms with van der Waals surface area (Å²) in [5.41, 5.74) is -0.612. The summed E-state index contributed by atoms with van der Waals surface area (Å²) in [4.78, 5) is 0. The Morgan fingerprint density at radius 1 is 0.909 bits per heavy atom. The van der Waals surface area contributed by atoms with Crippen molar-refractivity contribution in [3.05, 3.63) is 36.5 Å². The molecule has 2 unspecified atom stereocenters. The third-order valence-corrected chi connectivity index (χ3v) is 3.09. The Kier molecular flexibility index (Phi) is 0.793. The van der Waals surface area contributed by atoms with Crippen LogP contribution in [-0.4, -0.2) is 10.7 Å². The molecule has 3 rings (SSSR count). The Hall–Kier alpha value is -0.820. The van der Waals surface area contributed by atoms with Gasteiger partial charge in [-0.15, -0.1) is 0 Å². The van der Waals surface area contributed by atoms with Crippen LogP contribution in [0.3, 0.4) is 0 Å². The molecule has 3 aliphatic carbocycles. The average molecular weight is 146 g/mol. The minimum atomic E-state index is -0.612. The van der Waals surface area contributed by atoms with Gasteiger partial charge < -0.3 is 5.11 Å². The highest BCUT2D eigenvalue weighted by atomic mass is 16.3. The van der Waals surface area contributed by atoms with Gasteiger partial charge in [-0.1, -0.05) is 36.5 Å². The van der Waals surface area contributed by atoms with E-state index in [0.717, 1.165) is 0 Å². The molecule has 0 aromatic carbocycles. The maximum Gasteiger partial charge on any atom is 0.105 e. The summed E-state index contributed by atoms with van der Waals surface area (Å²) in [6.07, 6.45) is 12.5. The molecule has 56 valence electrons. The van der Waals surface area contributed by atoms with Gasteiger partial charge in [0.25, 0.3) is 0 Å². The summed E-state index contributed by atoms with van der Waals surface area (Å²) < 4.78 is 0. The van der Waals surface area contributed by atoms with E-state index in [1.165, 1.54) is 0 Å². The van der Waals surface area contributed by atoms with Crippen LogP contribution in [0.1, 0.15) is 0 Å². The number of allylic oxidation sites excluding steroid dienone is 4. The average Bonchev–Trinajstić information content (AvgIpc) is 2.54. The Morgan fingerprint density at radius 3 is 2.00 bits per heavy atom. The minimum Gasteiger partial charge on any atom is -0.381 e. The molecule has 0 saturated carbocycles. The molecule has 0 aromatic rings. The molecule has 0 fully saturated rings. The predicted molar refractivity (Wildman–Crippen MR) is 42.8 cm³/mol. The van der Waals surface area contributed by atoms with E-state index in [2.05, 4.69) is 24.3 Å². The Morgan fingerprint density at radius 2 is 1.45 bits per heavy atom. The first-order chi connectivity index (χ1) is 5.30. The fraction of sp³-hybridized carbons (Fsp3) is 0.400. The molecule has 0 bridgehead atoms. The number of rotatable bonds is 0. The molecule has 0 aliphatic heterocycles. The molecule has 0 heterocycles. The maximum atomic E-state index is 10.00. The van der Waals surface area contributed by atoms with Crippen LogP contribution in [0.25, 0.3) is 0 Å². The second kappa shape index (κ2) is 1.51. The van der Waals surface area contributed by atoms with Crippen molar-refractivity contribution >= 4 is 0 Å². The maximum absolute atomic E-state index is 10.00. The van der Waals surface area contributed by atoms with E-state index < -0.39 is 5.60 Å². The molecular formula is C10H10O. The highest BCUT2D eigenvalue weighted by Gasteiger charge is 2.49. The van der Waals surface area contributed by atoms with Crippen molar-refractivity contribution in [1.29, 1.82) is 0 Å². The van der Waals surface area contributed by atoms with Crippen molar-refractivity contribution in [2.24, 2.45) is 17.8 Å². The van der Waals surface area contributed by atoms with Gasteiger partial charge >= 0.3 is 0 Å². The number of aliphatic hydroxyl groups is 1. The van der Waals surface area contributed by atoms with Crippen LogP contribution in [0.2, 0.25) is 0 Å². The highest BCUT2D eigenvalue weighted by molar-refractivity contribution is 5.39. The molecule has 11 heavy (non-hydrogen) atoms. The molecule has 1 N–H and O–H groups in total. The van der Waals surface area contributed by atoms with E-state index in [0.29, 0.717) is 17.8 Å². The van der Waals surface area contributed by atoms with Gasteiger partial charge in [0.15, 0.2) is 0 Å². The van der Waals surface area contributed by atoms with E-state index >= 15 is 0 Å². The molecule has 0 spiro atoms. The van der Waals surface area contributed by atoms with Crippen LogP contribution in [0, 0.1) is 17.8 Å². The molecule has 0 radical (unpaired) electrons. The lowest BCUT2D eigenvalue weighted by Crippen LogP contribution is -2.30. The largest absolute Gasteiger partial charge is 0.381 e. The van der Waals surface area contributed by atoms with Crippen LogP contribution in [0.5, 0.6) is 0 Å². The predicted octanol–water partition coefficient (Wildman–Crippen LogP) is 1.28.